The fourth-order valence-corrected chi connectivity index (χ4v) is 4.45. The van der Waals surface area contributed by atoms with Crippen LogP contribution in [0.2, 0.25) is 0 Å². The minimum absolute atomic E-state index is 0.0427. The van der Waals surface area contributed by atoms with Gasteiger partial charge in [0.05, 0.1) is 30.6 Å². The van der Waals surface area contributed by atoms with Crippen LogP contribution in [0.3, 0.4) is 0 Å². The number of ether oxygens (including phenoxy) is 3. The highest BCUT2D eigenvalue weighted by Gasteiger charge is 2.18. The van der Waals surface area contributed by atoms with Gasteiger partial charge in [-0.3, -0.25) is 4.79 Å². The Balaban J connectivity index is 1.31. The number of benzene rings is 3. The Morgan fingerprint density at radius 2 is 1.95 bits per heavy atom. The maximum Gasteiger partial charge on any atom is 0.244 e. The quantitative estimate of drug-likeness (QED) is 0.282. The van der Waals surface area contributed by atoms with Crippen LogP contribution < -0.4 is 19.5 Å². The van der Waals surface area contributed by atoms with E-state index >= 15 is 0 Å². The molecule has 1 aliphatic rings. The summed E-state index contributed by atoms with van der Waals surface area (Å²) in [6.07, 6.45) is 3.10. The van der Waals surface area contributed by atoms with Gasteiger partial charge in [-0.15, -0.1) is 0 Å². The van der Waals surface area contributed by atoms with Gasteiger partial charge in [0.1, 0.15) is 0 Å². The van der Waals surface area contributed by atoms with Crippen molar-refractivity contribution in [2.75, 3.05) is 13.9 Å². The van der Waals surface area contributed by atoms with E-state index < -0.39 is 0 Å². The van der Waals surface area contributed by atoms with Crippen LogP contribution in [-0.4, -0.2) is 34.9 Å². The first-order valence-electron chi connectivity index (χ1n) is 11.7. The number of carbonyl (C=O) groups is 1. The number of aromatic hydroxyl groups is 1. The van der Waals surface area contributed by atoms with Crippen molar-refractivity contribution in [2.24, 2.45) is 0 Å². The molecule has 8 nitrogen and oxygen atoms in total. The second-order valence-electron chi connectivity index (χ2n) is 8.61. The zero-order valence-electron chi connectivity index (χ0n) is 19.9. The van der Waals surface area contributed by atoms with Gasteiger partial charge in [-0.05, 0) is 54.1 Å². The fourth-order valence-electron chi connectivity index (χ4n) is 4.45. The SMILES string of the molecule is COc1cc(/C=C/C(=O)NCc2cc3c([nH]c4ccccc43)c(-c3ccc4c(c3)OCO4)n2)ccc1O. The van der Waals surface area contributed by atoms with Gasteiger partial charge >= 0.3 is 0 Å². The standard InChI is InChI=1S/C29H23N3O5/c1-35-25-12-17(6-9-23(25)33)7-11-27(34)30-15-19-14-21-20-4-2-3-5-22(20)32-29(21)28(31-19)18-8-10-24-26(13-18)37-16-36-24/h2-14,32-33H,15-16H2,1H3,(H,30,34)/b11-7+. The topological polar surface area (TPSA) is 106 Å². The van der Waals surface area contributed by atoms with Crippen molar-refractivity contribution in [2.45, 2.75) is 6.54 Å². The molecule has 184 valence electrons. The molecule has 3 aromatic carbocycles. The third-order valence-corrected chi connectivity index (χ3v) is 6.27. The Hall–Kier alpha value is -4.98. The molecule has 0 aliphatic carbocycles. The van der Waals surface area contributed by atoms with Gasteiger partial charge in [-0.1, -0.05) is 24.3 Å². The van der Waals surface area contributed by atoms with E-state index in [0.717, 1.165) is 44.3 Å². The highest BCUT2D eigenvalue weighted by molar-refractivity contribution is 6.11. The number of pyridine rings is 1. The maximum absolute atomic E-state index is 12.6. The van der Waals surface area contributed by atoms with Crippen LogP contribution in [0.4, 0.5) is 0 Å². The van der Waals surface area contributed by atoms with Crippen molar-refractivity contribution in [1.29, 1.82) is 0 Å². The van der Waals surface area contributed by atoms with Crippen molar-refractivity contribution < 1.29 is 24.1 Å². The number of fused-ring (bicyclic) bond motifs is 4. The summed E-state index contributed by atoms with van der Waals surface area (Å²) in [6, 6.07) is 20.7. The molecule has 5 aromatic rings. The summed E-state index contributed by atoms with van der Waals surface area (Å²) in [4.78, 5) is 21.0. The Morgan fingerprint density at radius 1 is 1.08 bits per heavy atom. The maximum atomic E-state index is 12.6. The Bertz CT molecular complexity index is 1690. The number of nitrogens with zero attached hydrogens (tertiary/aromatic N) is 1. The average Bonchev–Trinajstić information content (AvgIpc) is 3.55. The molecule has 2 aromatic heterocycles. The number of methoxy groups -OCH3 is 1. The molecule has 0 fully saturated rings. The van der Waals surface area contributed by atoms with E-state index in [1.807, 2.05) is 42.5 Å². The Labute approximate surface area is 212 Å². The molecule has 0 saturated heterocycles. The molecule has 0 saturated carbocycles. The van der Waals surface area contributed by atoms with E-state index in [1.165, 1.54) is 19.3 Å². The summed E-state index contributed by atoms with van der Waals surface area (Å²) >= 11 is 0. The van der Waals surface area contributed by atoms with E-state index in [-0.39, 0.29) is 25.0 Å². The van der Waals surface area contributed by atoms with Crippen molar-refractivity contribution in [1.82, 2.24) is 15.3 Å². The number of H-pyrrole nitrogens is 1. The number of hydrogen-bond donors (Lipinski definition) is 3. The van der Waals surface area contributed by atoms with Crippen molar-refractivity contribution in [3.05, 3.63) is 84.1 Å². The lowest BCUT2D eigenvalue weighted by Gasteiger charge is -2.09. The van der Waals surface area contributed by atoms with E-state index in [0.29, 0.717) is 17.2 Å². The number of phenols is 1. The molecule has 0 atom stereocenters. The van der Waals surface area contributed by atoms with Gasteiger partial charge in [-0.25, -0.2) is 4.98 Å². The highest BCUT2D eigenvalue weighted by atomic mass is 16.7. The van der Waals surface area contributed by atoms with E-state index in [2.05, 4.69) is 16.4 Å². The van der Waals surface area contributed by atoms with Crippen LogP contribution in [0.15, 0.2) is 72.8 Å². The first-order chi connectivity index (χ1) is 18.1. The summed E-state index contributed by atoms with van der Waals surface area (Å²) in [5.74, 6) is 1.50. The van der Waals surface area contributed by atoms with Crippen molar-refractivity contribution in [3.8, 4) is 34.3 Å². The molecule has 0 radical (unpaired) electrons. The first kappa shape index (κ1) is 22.5. The minimum Gasteiger partial charge on any atom is -0.504 e. The van der Waals surface area contributed by atoms with Crippen LogP contribution in [-0.2, 0) is 11.3 Å². The highest BCUT2D eigenvalue weighted by Crippen LogP contribution is 2.38. The summed E-state index contributed by atoms with van der Waals surface area (Å²) in [5, 5.41) is 14.8. The van der Waals surface area contributed by atoms with Gasteiger partial charge in [0.25, 0.3) is 0 Å². The predicted octanol–water partition coefficient (Wildman–Crippen LogP) is 5.16. The molecule has 3 heterocycles. The van der Waals surface area contributed by atoms with Crippen molar-refractivity contribution >= 4 is 33.8 Å². The first-order valence-corrected chi connectivity index (χ1v) is 11.7. The number of carbonyl (C=O) groups excluding carboxylic acids is 1. The van der Waals surface area contributed by atoms with Crippen molar-refractivity contribution in [3.63, 3.8) is 0 Å². The summed E-state index contributed by atoms with van der Waals surface area (Å²) < 4.78 is 16.2. The number of hydrogen-bond acceptors (Lipinski definition) is 6. The van der Waals surface area contributed by atoms with E-state index in [4.69, 9.17) is 19.2 Å². The van der Waals surface area contributed by atoms with Gasteiger partial charge < -0.3 is 29.6 Å². The lowest BCUT2D eigenvalue weighted by Crippen LogP contribution is -2.21. The predicted molar refractivity (Wildman–Crippen MR) is 141 cm³/mol. The molecular formula is C29H23N3O5. The third-order valence-electron chi connectivity index (χ3n) is 6.27. The van der Waals surface area contributed by atoms with Crippen LogP contribution in [0, 0.1) is 0 Å². The Morgan fingerprint density at radius 3 is 2.84 bits per heavy atom. The summed E-state index contributed by atoms with van der Waals surface area (Å²) in [5.41, 5.74) is 5.02. The average molecular weight is 494 g/mol. The normalized spacial score (nSPS) is 12.5. The summed E-state index contributed by atoms with van der Waals surface area (Å²) in [6.45, 7) is 0.444. The summed E-state index contributed by atoms with van der Waals surface area (Å²) in [7, 11) is 1.48. The molecule has 6 rings (SSSR count). The second-order valence-corrected chi connectivity index (χ2v) is 8.61. The number of aromatic nitrogens is 2. The van der Waals surface area contributed by atoms with Gasteiger partial charge in [0.2, 0.25) is 12.7 Å². The van der Waals surface area contributed by atoms with Crippen LogP contribution in [0.1, 0.15) is 11.3 Å². The lowest BCUT2D eigenvalue weighted by molar-refractivity contribution is -0.116. The number of para-hydroxylation sites is 1. The largest absolute Gasteiger partial charge is 0.504 e. The zero-order chi connectivity index (χ0) is 25.4. The molecule has 0 spiro atoms. The lowest BCUT2D eigenvalue weighted by atomic mass is 10.1. The number of aromatic amines is 1. The van der Waals surface area contributed by atoms with Gasteiger partial charge in [0.15, 0.2) is 23.0 Å². The van der Waals surface area contributed by atoms with E-state index in [9.17, 15) is 9.90 Å². The smallest absolute Gasteiger partial charge is 0.244 e. The molecule has 8 heteroatoms. The Kier molecular flexibility index (Phi) is 5.61. The van der Waals surface area contributed by atoms with Gasteiger partial charge in [0, 0.05) is 27.9 Å². The van der Waals surface area contributed by atoms with Crippen LogP contribution >= 0.6 is 0 Å². The number of amides is 1. The fraction of sp³-hybridized carbons (Fsp3) is 0.103. The molecule has 0 unspecified atom stereocenters. The number of nitrogens with one attached hydrogen (secondary N) is 2. The number of rotatable bonds is 6. The van der Waals surface area contributed by atoms with Gasteiger partial charge in [-0.2, -0.15) is 0 Å². The zero-order valence-corrected chi connectivity index (χ0v) is 19.9. The monoisotopic (exact) mass is 493 g/mol. The van der Waals surface area contributed by atoms with Crippen LogP contribution in [0.25, 0.3) is 39.1 Å². The third kappa shape index (κ3) is 4.29. The second kappa shape index (κ2) is 9.23. The molecule has 1 aliphatic heterocycles. The van der Waals surface area contributed by atoms with Crippen LogP contribution in [0.5, 0.6) is 23.0 Å². The molecule has 3 N–H and O–H groups in total. The minimum atomic E-state index is -0.266. The number of phenolic OH excluding ortho intramolecular Hbond substituents is 1. The van der Waals surface area contributed by atoms with E-state index in [1.54, 1.807) is 18.2 Å². The molecule has 1 amide bonds. The molecule has 37 heavy (non-hydrogen) atoms. The molecular weight excluding hydrogens is 470 g/mol. The molecule has 0 bridgehead atoms.